The molecule has 7 nitrogen and oxygen atoms in total. The number of benzene rings is 1. The van der Waals surface area contributed by atoms with Crippen LogP contribution >= 0.6 is 11.3 Å². The molecule has 2 bridgehead atoms. The van der Waals surface area contributed by atoms with Gasteiger partial charge in [-0.2, -0.15) is 0 Å². The molecule has 0 saturated carbocycles. The summed E-state index contributed by atoms with van der Waals surface area (Å²) in [5, 5.41) is 1.03. The number of piperidine rings is 1. The maximum absolute atomic E-state index is 13.2. The first-order valence-corrected chi connectivity index (χ1v) is 14.5. The molecule has 2 aromatic heterocycles. The molecule has 37 heavy (non-hydrogen) atoms. The number of rotatable bonds is 8. The first kappa shape index (κ1) is 24.8. The van der Waals surface area contributed by atoms with E-state index in [2.05, 4.69) is 26.9 Å². The molecule has 8 heteroatoms. The predicted octanol–water partition coefficient (Wildman–Crippen LogP) is 4.92. The zero-order chi connectivity index (χ0) is 25.4. The van der Waals surface area contributed by atoms with E-state index in [9.17, 15) is 4.79 Å². The quantitative estimate of drug-likeness (QED) is 0.394. The summed E-state index contributed by atoms with van der Waals surface area (Å²) < 4.78 is 6.17. The lowest BCUT2D eigenvalue weighted by Gasteiger charge is -2.40. The van der Waals surface area contributed by atoms with Gasteiger partial charge in [-0.15, -0.1) is 11.3 Å². The largest absolute Gasteiger partial charge is 0.380 e. The van der Waals surface area contributed by atoms with Gasteiger partial charge in [0.15, 0.2) is 0 Å². The van der Waals surface area contributed by atoms with Crippen molar-refractivity contribution in [2.75, 3.05) is 51.8 Å². The Morgan fingerprint density at radius 1 is 1.08 bits per heavy atom. The molecule has 3 saturated heterocycles. The summed E-state index contributed by atoms with van der Waals surface area (Å²) in [5.41, 5.74) is 2.02. The van der Waals surface area contributed by atoms with Crippen molar-refractivity contribution in [3.8, 4) is 11.1 Å². The molecule has 1 amide bonds. The normalized spacial score (nSPS) is 23.7. The average Bonchev–Trinajstić information content (AvgIpc) is 3.63. The SMILES string of the molecule is CN(C)C(=O)c1sc2ncnc(N3C4CCC3CC(COCCN3CCCC3)C4)c2c1-c1ccccc1. The monoisotopic (exact) mass is 519 g/mol. The number of carbonyl (C=O) groups excluding carboxylic acids is 1. The molecule has 0 aliphatic carbocycles. The molecule has 0 spiro atoms. The van der Waals surface area contributed by atoms with Crippen LogP contribution in [0.15, 0.2) is 36.7 Å². The van der Waals surface area contributed by atoms with Crippen LogP contribution in [0.2, 0.25) is 0 Å². The molecule has 3 aliphatic rings. The molecule has 3 fully saturated rings. The van der Waals surface area contributed by atoms with Gasteiger partial charge in [0.25, 0.3) is 5.91 Å². The summed E-state index contributed by atoms with van der Waals surface area (Å²) in [4.78, 5) is 31.1. The predicted molar refractivity (Wildman–Crippen MR) is 149 cm³/mol. The summed E-state index contributed by atoms with van der Waals surface area (Å²) in [6, 6.07) is 11.2. The van der Waals surface area contributed by atoms with E-state index < -0.39 is 0 Å². The van der Waals surface area contributed by atoms with E-state index in [1.165, 1.54) is 50.1 Å². The number of amides is 1. The summed E-state index contributed by atoms with van der Waals surface area (Å²) in [5.74, 6) is 1.62. The fraction of sp³-hybridized carbons (Fsp3) is 0.552. The first-order chi connectivity index (χ1) is 18.1. The Bertz CT molecular complexity index is 1230. The van der Waals surface area contributed by atoms with Crippen LogP contribution in [0.25, 0.3) is 21.3 Å². The standard InChI is InChI=1S/C29H37N5O2S/c1-32(2)29(35)26-24(21-8-4-3-5-9-21)25-27(30-19-31-28(25)37-26)34-22-10-11-23(34)17-20(16-22)18-36-15-14-33-12-6-7-13-33/h3-5,8-9,19-20,22-23H,6-7,10-18H2,1-2H3. The number of aromatic nitrogens is 2. The highest BCUT2D eigenvalue weighted by atomic mass is 32.1. The fourth-order valence-corrected chi connectivity index (χ4v) is 7.75. The van der Waals surface area contributed by atoms with Gasteiger partial charge < -0.3 is 19.4 Å². The minimum absolute atomic E-state index is 0.0144. The Morgan fingerprint density at radius 3 is 2.51 bits per heavy atom. The molecular formula is C29H37N5O2S. The Kier molecular flexibility index (Phi) is 7.14. The summed E-state index contributed by atoms with van der Waals surface area (Å²) in [7, 11) is 3.62. The molecule has 196 valence electrons. The van der Waals surface area contributed by atoms with Gasteiger partial charge in [-0.3, -0.25) is 4.79 Å². The number of carbonyl (C=O) groups is 1. The highest BCUT2D eigenvalue weighted by Gasteiger charge is 2.42. The zero-order valence-corrected chi connectivity index (χ0v) is 22.8. The number of hydrogen-bond donors (Lipinski definition) is 0. The van der Waals surface area contributed by atoms with Crippen molar-refractivity contribution in [3.05, 3.63) is 41.5 Å². The third-order valence-electron chi connectivity index (χ3n) is 8.31. The van der Waals surface area contributed by atoms with Crippen molar-refractivity contribution in [2.24, 2.45) is 5.92 Å². The Hall–Kier alpha value is -2.55. The number of anilines is 1. The van der Waals surface area contributed by atoms with Gasteiger partial charge in [-0.05, 0) is 63.1 Å². The van der Waals surface area contributed by atoms with Gasteiger partial charge in [-0.25, -0.2) is 9.97 Å². The molecule has 3 aliphatic heterocycles. The Labute approximate surface area is 223 Å². The van der Waals surface area contributed by atoms with E-state index >= 15 is 0 Å². The van der Waals surface area contributed by atoms with Gasteiger partial charge >= 0.3 is 0 Å². The number of fused-ring (bicyclic) bond motifs is 3. The van der Waals surface area contributed by atoms with Crippen LogP contribution in [0.3, 0.4) is 0 Å². The number of ether oxygens (including phenoxy) is 1. The highest BCUT2D eigenvalue weighted by Crippen LogP contribution is 2.47. The Morgan fingerprint density at radius 2 is 1.81 bits per heavy atom. The number of likely N-dealkylation sites (tertiary alicyclic amines) is 1. The van der Waals surface area contributed by atoms with Crippen LogP contribution in [0.1, 0.15) is 48.2 Å². The van der Waals surface area contributed by atoms with Crippen molar-refractivity contribution in [1.82, 2.24) is 19.8 Å². The number of hydrogen-bond acceptors (Lipinski definition) is 7. The molecule has 0 N–H and O–H groups in total. The minimum atomic E-state index is 0.0144. The van der Waals surface area contributed by atoms with Gasteiger partial charge in [0, 0.05) is 44.9 Å². The molecule has 6 rings (SSSR count). The van der Waals surface area contributed by atoms with Crippen molar-refractivity contribution in [1.29, 1.82) is 0 Å². The van der Waals surface area contributed by atoms with E-state index in [1.54, 1.807) is 11.2 Å². The second-order valence-electron chi connectivity index (χ2n) is 11.0. The lowest BCUT2D eigenvalue weighted by atomic mass is 9.91. The Balaban J connectivity index is 1.27. The maximum Gasteiger partial charge on any atom is 0.264 e. The molecule has 0 radical (unpaired) electrons. The number of thiophene rings is 1. The van der Waals surface area contributed by atoms with Crippen LogP contribution in [-0.2, 0) is 4.74 Å². The van der Waals surface area contributed by atoms with E-state index in [1.807, 2.05) is 32.3 Å². The summed E-state index contributed by atoms with van der Waals surface area (Å²) in [6.45, 7) is 5.24. The van der Waals surface area contributed by atoms with Gasteiger partial charge in [-0.1, -0.05) is 30.3 Å². The van der Waals surface area contributed by atoms with Crippen LogP contribution in [-0.4, -0.2) is 84.7 Å². The van der Waals surface area contributed by atoms with Gasteiger partial charge in [0.05, 0.1) is 12.0 Å². The summed E-state index contributed by atoms with van der Waals surface area (Å²) in [6.07, 6.45) is 9.00. The lowest BCUT2D eigenvalue weighted by Crippen LogP contribution is -2.44. The van der Waals surface area contributed by atoms with Crippen LogP contribution in [0, 0.1) is 5.92 Å². The van der Waals surface area contributed by atoms with Crippen molar-refractivity contribution >= 4 is 33.3 Å². The second kappa shape index (κ2) is 10.7. The van der Waals surface area contributed by atoms with Crippen molar-refractivity contribution < 1.29 is 9.53 Å². The number of nitrogens with zero attached hydrogens (tertiary/aromatic N) is 5. The van der Waals surface area contributed by atoms with Crippen LogP contribution in [0.4, 0.5) is 5.82 Å². The smallest absolute Gasteiger partial charge is 0.264 e. The molecule has 5 heterocycles. The third-order valence-corrected chi connectivity index (χ3v) is 9.40. The average molecular weight is 520 g/mol. The molecule has 1 aromatic carbocycles. The van der Waals surface area contributed by atoms with E-state index in [0.29, 0.717) is 18.0 Å². The van der Waals surface area contributed by atoms with Crippen molar-refractivity contribution in [3.63, 3.8) is 0 Å². The molecular weight excluding hydrogens is 482 g/mol. The lowest BCUT2D eigenvalue weighted by molar-refractivity contribution is 0.0700. The van der Waals surface area contributed by atoms with E-state index in [-0.39, 0.29) is 5.91 Å². The fourth-order valence-electron chi connectivity index (χ4n) is 6.57. The molecule has 2 unspecified atom stereocenters. The highest BCUT2D eigenvalue weighted by molar-refractivity contribution is 7.21. The zero-order valence-electron chi connectivity index (χ0n) is 21.9. The first-order valence-electron chi connectivity index (χ1n) is 13.7. The van der Waals surface area contributed by atoms with Crippen LogP contribution < -0.4 is 4.90 Å². The van der Waals surface area contributed by atoms with Crippen LogP contribution in [0.5, 0.6) is 0 Å². The van der Waals surface area contributed by atoms with Crippen molar-refractivity contribution in [2.45, 2.75) is 50.6 Å². The molecule has 2 atom stereocenters. The minimum Gasteiger partial charge on any atom is -0.380 e. The third kappa shape index (κ3) is 4.87. The second-order valence-corrected chi connectivity index (χ2v) is 12.0. The molecule has 3 aromatic rings. The topological polar surface area (TPSA) is 61.8 Å². The van der Waals surface area contributed by atoms with Gasteiger partial charge in [0.1, 0.15) is 21.9 Å². The summed E-state index contributed by atoms with van der Waals surface area (Å²) >= 11 is 1.49. The van der Waals surface area contributed by atoms with E-state index in [0.717, 1.165) is 64.6 Å². The maximum atomic E-state index is 13.2. The van der Waals surface area contributed by atoms with Gasteiger partial charge in [0.2, 0.25) is 0 Å². The van der Waals surface area contributed by atoms with E-state index in [4.69, 9.17) is 9.72 Å².